The number of rotatable bonds is 5. The van der Waals surface area contributed by atoms with Crippen molar-refractivity contribution in [3.8, 4) is 0 Å². The zero-order chi connectivity index (χ0) is 13.8. The van der Waals surface area contributed by atoms with Crippen molar-refractivity contribution in [1.82, 2.24) is 10.6 Å². The van der Waals surface area contributed by atoms with Gasteiger partial charge in [-0.25, -0.2) is 8.78 Å². The van der Waals surface area contributed by atoms with Gasteiger partial charge in [-0.05, 0) is 20.8 Å². The molecular formula is C9H14F4N2O2. The predicted octanol–water partition coefficient (Wildman–Crippen LogP) is 0.916. The van der Waals surface area contributed by atoms with Gasteiger partial charge >= 0.3 is 12.3 Å². The van der Waals surface area contributed by atoms with Gasteiger partial charge in [0.15, 0.2) is 0 Å². The topological polar surface area (TPSA) is 58.2 Å². The number of halogens is 4. The Kier molecular flexibility index (Phi) is 5.37. The SMILES string of the molecule is CC(C)NC(=O)C(C)NC(=O)C(F)(F)C(F)F. The third-order valence-electron chi connectivity index (χ3n) is 1.75. The van der Waals surface area contributed by atoms with E-state index in [-0.39, 0.29) is 6.04 Å². The molecular weight excluding hydrogens is 244 g/mol. The van der Waals surface area contributed by atoms with Crippen LogP contribution in [0, 0.1) is 0 Å². The van der Waals surface area contributed by atoms with E-state index in [1.165, 1.54) is 5.32 Å². The van der Waals surface area contributed by atoms with Crippen molar-refractivity contribution in [3.05, 3.63) is 0 Å². The molecule has 0 aliphatic rings. The molecule has 2 N–H and O–H groups in total. The fraction of sp³-hybridized carbons (Fsp3) is 0.778. The second kappa shape index (κ2) is 5.83. The number of carbonyl (C=O) groups is 2. The fourth-order valence-corrected chi connectivity index (χ4v) is 0.867. The second-order valence-corrected chi connectivity index (χ2v) is 3.78. The summed E-state index contributed by atoms with van der Waals surface area (Å²) >= 11 is 0. The molecule has 100 valence electrons. The van der Waals surface area contributed by atoms with E-state index in [0.717, 1.165) is 6.92 Å². The molecule has 0 aromatic rings. The Bertz CT molecular complexity index is 295. The average Bonchev–Trinajstić information content (AvgIpc) is 2.15. The molecule has 0 radical (unpaired) electrons. The summed E-state index contributed by atoms with van der Waals surface area (Å²) in [6.07, 6.45) is -4.11. The second-order valence-electron chi connectivity index (χ2n) is 3.78. The third kappa shape index (κ3) is 4.58. The Morgan fingerprint density at radius 3 is 1.88 bits per heavy atom. The van der Waals surface area contributed by atoms with E-state index in [1.807, 2.05) is 0 Å². The quantitative estimate of drug-likeness (QED) is 0.720. The molecule has 0 aliphatic heterocycles. The van der Waals surface area contributed by atoms with Gasteiger partial charge in [-0.3, -0.25) is 9.59 Å². The number of hydrogen-bond donors (Lipinski definition) is 2. The van der Waals surface area contributed by atoms with Gasteiger partial charge in [0, 0.05) is 6.04 Å². The van der Waals surface area contributed by atoms with Crippen LogP contribution < -0.4 is 10.6 Å². The van der Waals surface area contributed by atoms with Gasteiger partial charge in [-0.2, -0.15) is 8.78 Å². The summed E-state index contributed by atoms with van der Waals surface area (Å²) in [5.41, 5.74) is 0. The zero-order valence-corrected chi connectivity index (χ0v) is 9.56. The van der Waals surface area contributed by atoms with E-state index in [4.69, 9.17) is 0 Å². The average molecular weight is 258 g/mol. The van der Waals surface area contributed by atoms with Crippen LogP contribution in [-0.2, 0) is 9.59 Å². The number of alkyl halides is 4. The maximum absolute atomic E-state index is 12.5. The van der Waals surface area contributed by atoms with Crippen LogP contribution in [0.1, 0.15) is 20.8 Å². The van der Waals surface area contributed by atoms with Crippen LogP contribution >= 0.6 is 0 Å². The fourth-order valence-electron chi connectivity index (χ4n) is 0.867. The molecule has 0 aromatic carbocycles. The van der Waals surface area contributed by atoms with Gasteiger partial charge in [0.25, 0.3) is 5.91 Å². The molecule has 0 bridgehead atoms. The van der Waals surface area contributed by atoms with Crippen molar-refractivity contribution >= 4 is 11.8 Å². The first kappa shape index (κ1) is 15.7. The molecule has 4 nitrogen and oxygen atoms in total. The van der Waals surface area contributed by atoms with Crippen molar-refractivity contribution in [2.24, 2.45) is 0 Å². The van der Waals surface area contributed by atoms with Crippen LogP contribution in [0.3, 0.4) is 0 Å². The maximum atomic E-state index is 12.5. The first-order chi connectivity index (χ1) is 7.59. The van der Waals surface area contributed by atoms with Gasteiger partial charge in [-0.1, -0.05) is 0 Å². The van der Waals surface area contributed by atoms with E-state index >= 15 is 0 Å². The molecule has 0 fully saturated rings. The summed E-state index contributed by atoms with van der Waals surface area (Å²) in [7, 11) is 0. The van der Waals surface area contributed by atoms with Crippen molar-refractivity contribution in [3.63, 3.8) is 0 Å². The van der Waals surface area contributed by atoms with Crippen molar-refractivity contribution < 1.29 is 27.2 Å². The lowest BCUT2D eigenvalue weighted by Gasteiger charge is -2.19. The van der Waals surface area contributed by atoms with E-state index in [2.05, 4.69) is 5.32 Å². The molecule has 0 saturated heterocycles. The highest BCUT2D eigenvalue weighted by molar-refractivity contribution is 5.90. The third-order valence-corrected chi connectivity index (χ3v) is 1.75. The lowest BCUT2D eigenvalue weighted by Crippen LogP contribution is -2.53. The minimum Gasteiger partial charge on any atom is -0.352 e. The molecule has 0 spiro atoms. The van der Waals surface area contributed by atoms with Gasteiger partial charge in [-0.15, -0.1) is 0 Å². The van der Waals surface area contributed by atoms with Gasteiger partial charge in [0.1, 0.15) is 6.04 Å². The molecule has 0 rings (SSSR count). The van der Waals surface area contributed by atoms with E-state index in [0.29, 0.717) is 0 Å². The molecule has 8 heteroatoms. The van der Waals surface area contributed by atoms with Crippen LogP contribution in [0.5, 0.6) is 0 Å². The molecule has 1 unspecified atom stereocenters. The molecule has 2 amide bonds. The minimum absolute atomic E-state index is 0.252. The Labute approximate surface area is 95.7 Å². The summed E-state index contributed by atoms with van der Waals surface area (Å²) < 4.78 is 48.7. The first-order valence-electron chi connectivity index (χ1n) is 4.86. The molecule has 0 aromatic heterocycles. The number of carbonyl (C=O) groups excluding carboxylic acids is 2. The summed E-state index contributed by atoms with van der Waals surface area (Å²) in [5, 5.41) is 3.87. The minimum atomic E-state index is -4.80. The van der Waals surface area contributed by atoms with Gasteiger partial charge in [0.2, 0.25) is 5.91 Å². The Balaban J connectivity index is 4.44. The predicted molar refractivity (Wildman–Crippen MR) is 51.8 cm³/mol. The Morgan fingerprint density at radius 2 is 1.53 bits per heavy atom. The Morgan fingerprint density at radius 1 is 1.06 bits per heavy atom. The van der Waals surface area contributed by atoms with E-state index in [1.54, 1.807) is 13.8 Å². The molecule has 17 heavy (non-hydrogen) atoms. The lowest BCUT2D eigenvalue weighted by molar-refractivity contribution is -0.170. The summed E-state index contributed by atoms with van der Waals surface area (Å²) in [4.78, 5) is 22.0. The monoisotopic (exact) mass is 258 g/mol. The first-order valence-corrected chi connectivity index (χ1v) is 4.86. The molecule has 1 atom stereocenters. The van der Waals surface area contributed by atoms with Crippen LogP contribution in [0.15, 0.2) is 0 Å². The molecule has 0 heterocycles. The van der Waals surface area contributed by atoms with E-state index < -0.39 is 30.2 Å². The maximum Gasteiger partial charge on any atom is 0.383 e. The highest BCUT2D eigenvalue weighted by Crippen LogP contribution is 2.22. The zero-order valence-electron chi connectivity index (χ0n) is 9.56. The van der Waals surface area contributed by atoms with E-state index in [9.17, 15) is 27.2 Å². The highest BCUT2D eigenvalue weighted by Gasteiger charge is 2.49. The van der Waals surface area contributed by atoms with Gasteiger partial charge < -0.3 is 10.6 Å². The molecule has 0 saturated carbocycles. The molecule has 0 aliphatic carbocycles. The summed E-state index contributed by atoms with van der Waals surface area (Å²) in [6.45, 7) is 4.37. The number of amides is 2. The Hall–Kier alpha value is -1.34. The normalized spacial score (nSPS) is 13.7. The lowest BCUT2D eigenvalue weighted by atomic mass is 10.2. The van der Waals surface area contributed by atoms with Crippen molar-refractivity contribution in [2.45, 2.75) is 45.2 Å². The standard InChI is InChI=1S/C9H14F4N2O2/c1-4(2)14-6(16)5(3)15-8(17)9(12,13)7(10)11/h4-5,7H,1-3H3,(H,14,16)(H,15,17). The highest BCUT2D eigenvalue weighted by atomic mass is 19.3. The largest absolute Gasteiger partial charge is 0.383 e. The number of hydrogen-bond acceptors (Lipinski definition) is 2. The van der Waals surface area contributed by atoms with Crippen molar-refractivity contribution in [1.29, 1.82) is 0 Å². The smallest absolute Gasteiger partial charge is 0.352 e. The summed E-state index contributed by atoms with van der Waals surface area (Å²) in [6, 6.07) is -1.56. The van der Waals surface area contributed by atoms with Crippen LogP contribution in [0.2, 0.25) is 0 Å². The van der Waals surface area contributed by atoms with Gasteiger partial charge in [0.05, 0.1) is 0 Å². The summed E-state index contributed by atoms with van der Waals surface area (Å²) in [5.74, 6) is -7.69. The van der Waals surface area contributed by atoms with Crippen molar-refractivity contribution in [2.75, 3.05) is 0 Å². The van der Waals surface area contributed by atoms with Crippen LogP contribution in [-0.4, -0.2) is 36.2 Å². The van der Waals surface area contributed by atoms with Crippen LogP contribution in [0.4, 0.5) is 17.6 Å². The van der Waals surface area contributed by atoms with Crippen LogP contribution in [0.25, 0.3) is 0 Å². The number of nitrogens with one attached hydrogen (secondary N) is 2.